The largest absolute Gasteiger partial charge is 0.396 e. The van der Waals surface area contributed by atoms with Crippen molar-refractivity contribution in [2.24, 2.45) is 5.92 Å². The molecule has 1 aliphatic heterocycles. The molecule has 1 aliphatic rings. The lowest BCUT2D eigenvalue weighted by Gasteiger charge is -2.35. The SMILES string of the molecule is Cc1cc(C)nc(Nc2cc(CC3CCN(C(C)CCO)CC3)ncn2)n1. The quantitative estimate of drug-likeness (QED) is 0.775. The van der Waals surface area contributed by atoms with Gasteiger partial charge < -0.3 is 15.3 Å². The molecular weight excluding hydrogens is 340 g/mol. The van der Waals surface area contributed by atoms with Crippen molar-refractivity contribution in [1.82, 2.24) is 24.8 Å². The standard InChI is InChI=1S/C20H30N6O/c1-14-10-15(2)24-20(23-14)25-19-12-18(21-13-22-19)11-17-4-7-26(8-5-17)16(3)6-9-27/h10,12-13,16-17,27H,4-9,11H2,1-3H3,(H,21,22,23,24,25). The molecule has 2 aromatic heterocycles. The van der Waals surface area contributed by atoms with Crippen LogP contribution in [0.5, 0.6) is 0 Å². The summed E-state index contributed by atoms with van der Waals surface area (Å²) < 4.78 is 0. The average Bonchev–Trinajstić information content (AvgIpc) is 2.62. The molecule has 2 aromatic rings. The van der Waals surface area contributed by atoms with E-state index in [1.165, 1.54) is 12.8 Å². The summed E-state index contributed by atoms with van der Waals surface area (Å²) in [6.07, 6.45) is 5.77. The van der Waals surface area contributed by atoms with Gasteiger partial charge in [0, 0.05) is 35.8 Å². The average molecular weight is 371 g/mol. The molecule has 0 amide bonds. The molecule has 0 saturated carbocycles. The van der Waals surface area contributed by atoms with E-state index >= 15 is 0 Å². The zero-order valence-electron chi connectivity index (χ0n) is 16.5. The van der Waals surface area contributed by atoms with Gasteiger partial charge in [0.2, 0.25) is 5.95 Å². The fourth-order valence-electron chi connectivity index (χ4n) is 3.74. The van der Waals surface area contributed by atoms with Gasteiger partial charge in [0.15, 0.2) is 0 Å². The minimum Gasteiger partial charge on any atom is -0.396 e. The van der Waals surface area contributed by atoms with Crippen LogP contribution in [0.4, 0.5) is 11.8 Å². The van der Waals surface area contributed by atoms with Gasteiger partial charge in [-0.25, -0.2) is 19.9 Å². The maximum absolute atomic E-state index is 9.12. The van der Waals surface area contributed by atoms with Crippen LogP contribution in [0.3, 0.4) is 0 Å². The Kier molecular flexibility index (Phi) is 6.68. The summed E-state index contributed by atoms with van der Waals surface area (Å²) in [6.45, 7) is 8.57. The van der Waals surface area contributed by atoms with Gasteiger partial charge in [0.1, 0.15) is 12.1 Å². The van der Waals surface area contributed by atoms with Crippen molar-refractivity contribution >= 4 is 11.8 Å². The molecule has 146 valence electrons. The molecule has 1 atom stereocenters. The minimum atomic E-state index is 0.266. The van der Waals surface area contributed by atoms with Gasteiger partial charge >= 0.3 is 0 Å². The monoisotopic (exact) mass is 370 g/mol. The summed E-state index contributed by atoms with van der Waals surface area (Å²) >= 11 is 0. The fraction of sp³-hybridized carbons (Fsp3) is 0.600. The predicted molar refractivity (Wildman–Crippen MR) is 106 cm³/mol. The number of hydrogen-bond donors (Lipinski definition) is 2. The number of aliphatic hydroxyl groups is 1. The normalized spacial score (nSPS) is 17.0. The van der Waals surface area contributed by atoms with Gasteiger partial charge in [-0.2, -0.15) is 0 Å². The van der Waals surface area contributed by atoms with Crippen molar-refractivity contribution in [2.75, 3.05) is 25.0 Å². The Labute approximate surface area is 161 Å². The summed E-state index contributed by atoms with van der Waals surface area (Å²) in [4.78, 5) is 20.1. The third kappa shape index (κ3) is 5.68. The van der Waals surface area contributed by atoms with E-state index in [0.29, 0.717) is 17.9 Å². The van der Waals surface area contributed by atoms with Crippen molar-refractivity contribution < 1.29 is 5.11 Å². The number of aliphatic hydroxyl groups excluding tert-OH is 1. The Bertz CT molecular complexity index is 725. The second kappa shape index (κ2) is 9.19. The lowest BCUT2D eigenvalue weighted by molar-refractivity contribution is 0.119. The van der Waals surface area contributed by atoms with Gasteiger partial charge in [-0.1, -0.05) is 0 Å². The van der Waals surface area contributed by atoms with E-state index in [2.05, 4.69) is 37.1 Å². The Morgan fingerprint density at radius 2 is 1.85 bits per heavy atom. The van der Waals surface area contributed by atoms with E-state index in [9.17, 15) is 0 Å². The molecule has 3 rings (SSSR count). The first kappa shape index (κ1) is 19.6. The van der Waals surface area contributed by atoms with Crippen molar-refractivity contribution in [3.8, 4) is 0 Å². The smallest absolute Gasteiger partial charge is 0.228 e. The van der Waals surface area contributed by atoms with Gasteiger partial charge in [-0.15, -0.1) is 0 Å². The molecule has 1 unspecified atom stereocenters. The molecule has 0 radical (unpaired) electrons. The Balaban J connectivity index is 1.57. The predicted octanol–water partition coefficient (Wildman–Crippen LogP) is 2.65. The van der Waals surface area contributed by atoms with E-state index < -0.39 is 0 Å². The topological polar surface area (TPSA) is 87.1 Å². The van der Waals surface area contributed by atoms with E-state index in [4.69, 9.17) is 5.11 Å². The van der Waals surface area contributed by atoms with Crippen molar-refractivity contribution in [2.45, 2.75) is 52.5 Å². The van der Waals surface area contributed by atoms with Crippen LogP contribution in [0.15, 0.2) is 18.5 Å². The highest BCUT2D eigenvalue weighted by Gasteiger charge is 2.23. The summed E-state index contributed by atoms with van der Waals surface area (Å²) in [5.74, 6) is 1.95. The number of anilines is 2. The highest BCUT2D eigenvalue weighted by atomic mass is 16.3. The summed E-state index contributed by atoms with van der Waals surface area (Å²) in [5, 5.41) is 12.3. The number of nitrogens with zero attached hydrogens (tertiary/aromatic N) is 5. The number of likely N-dealkylation sites (tertiary alicyclic amines) is 1. The van der Waals surface area contributed by atoms with E-state index in [1.807, 2.05) is 26.0 Å². The fourth-order valence-corrected chi connectivity index (χ4v) is 3.74. The number of hydrogen-bond acceptors (Lipinski definition) is 7. The minimum absolute atomic E-state index is 0.266. The second-order valence-electron chi connectivity index (χ2n) is 7.54. The molecule has 0 spiro atoms. The van der Waals surface area contributed by atoms with E-state index in [0.717, 1.165) is 48.8 Å². The number of aromatic nitrogens is 4. The molecule has 0 aromatic carbocycles. The van der Waals surface area contributed by atoms with Crippen LogP contribution in [0, 0.1) is 19.8 Å². The molecule has 3 heterocycles. The highest BCUT2D eigenvalue weighted by molar-refractivity contribution is 5.48. The summed E-state index contributed by atoms with van der Waals surface area (Å²) in [6, 6.07) is 4.41. The van der Waals surface area contributed by atoms with Crippen LogP contribution in [-0.4, -0.2) is 55.7 Å². The van der Waals surface area contributed by atoms with Crippen LogP contribution >= 0.6 is 0 Å². The molecule has 0 bridgehead atoms. The molecule has 2 N–H and O–H groups in total. The molecule has 0 aliphatic carbocycles. The van der Waals surface area contributed by atoms with Gasteiger partial charge in [-0.3, -0.25) is 0 Å². The van der Waals surface area contributed by atoms with Crippen LogP contribution in [0.2, 0.25) is 0 Å². The zero-order chi connectivity index (χ0) is 19.2. The van der Waals surface area contributed by atoms with Crippen molar-refractivity contribution in [3.05, 3.63) is 35.5 Å². The second-order valence-corrected chi connectivity index (χ2v) is 7.54. The van der Waals surface area contributed by atoms with Gasteiger partial charge in [0.05, 0.1) is 0 Å². The van der Waals surface area contributed by atoms with Crippen molar-refractivity contribution in [3.63, 3.8) is 0 Å². The van der Waals surface area contributed by atoms with Crippen molar-refractivity contribution in [1.29, 1.82) is 0 Å². The van der Waals surface area contributed by atoms with Gasteiger partial charge in [-0.05, 0) is 71.5 Å². The maximum atomic E-state index is 9.12. The third-order valence-corrected chi connectivity index (χ3v) is 5.26. The van der Waals surface area contributed by atoms with Gasteiger partial charge in [0.25, 0.3) is 0 Å². The van der Waals surface area contributed by atoms with E-state index in [-0.39, 0.29) is 6.61 Å². The molecule has 7 heteroatoms. The molecule has 1 fully saturated rings. The third-order valence-electron chi connectivity index (χ3n) is 5.26. The molecular formula is C20H30N6O. The Morgan fingerprint density at radius 1 is 1.15 bits per heavy atom. The summed E-state index contributed by atoms with van der Waals surface area (Å²) in [7, 11) is 0. The zero-order valence-corrected chi connectivity index (χ0v) is 16.5. The number of aryl methyl sites for hydroxylation is 2. The Morgan fingerprint density at radius 3 is 2.52 bits per heavy atom. The maximum Gasteiger partial charge on any atom is 0.228 e. The van der Waals surface area contributed by atoms with Crippen LogP contribution in [0.25, 0.3) is 0 Å². The first-order chi connectivity index (χ1) is 13.0. The van der Waals surface area contributed by atoms with E-state index in [1.54, 1.807) is 6.33 Å². The Hall–Kier alpha value is -2.12. The molecule has 27 heavy (non-hydrogen) atoms. The van der Waals surface area contributed by atoms with Crippen LogP contribution in [-0.2, 0) is 6.42 Å². The van der Waals surface area contributed by atoms with Crippen LogP contribution < -0.4 is 5.32 Å². The number of rotatable bonds is 7. The van der Waals surface area contributed by atoms with Crippen LogP contribution in [0.1, 0.15) is 43.3 Å². The molecule has 1 saturated heterocycles. The number of nitrogens with one attached hydrogen (secondary N) is 1. The highest BCUT2D eigenvalue weighted by Crippen LogP contribution is 2.23. The lowest BCUT2D eigenvalue weighted by atomic mass is 9.91. The first-order valence-corrected chi connectivity index (χ1v) is 9.78. The number of piperidine rings is 1. The summed E-state index contributed by atoms with van der Waals surface area (Å²) in [5.41, 5.74) is 2.92. The lowest BCUT2D eigenvalue weighted by Crippen LogP contribution is -2.40. The first-order valence-electron chi connectivity index (χ1n) is 9.78. The molecule has 7 nitrogen and oxygen atoms in total.